The number of aryl methyl sites for hydroxylation is 1. The summed E-state index contributed by atoms with van der Waals surface area (Å²) in [7, 11) is 1.84. The Labute approximate surface area is 114 Å². The Kier molecular flexibility index (Phi) is 3.94. The monoisotopic (exact) mass is 265 g/mol. The number of hydrogen-bond donors (Lipinski definition) is 1. The minimum absolute atomic E-state index is 0.147. The predicted molar refractivity (Wildman–Crippen MR) is 72.8 cm³/mol. The van der Waals surface area contributed by atoms with Gasteiger partial charge in [0.15, 0.2) is 0 Å². The fourth-order valence-electron chi connectivity index (χ4n) is 2.55. The van der Waals surface area contributed by atoms with Crippen molar-refractivity contribution in [2.45, 2.75) is 45.7 Å². The van der Waals surface area contributed by atoms with Crippen LogP contribution in [0.25, 0.3) is 0 Å². The minimum Gasteiger partial charge on any atom is -0.465 e. The fourth-order valence-corrected chi connectivity index (χ4v) is 2.55. The smallest absolute Gasteiger partial charge is 0.328 e. The van der Waals surface area contributed by atoms with Gasteiger partial charge in [-0.15, -0.1) is 0 Å². The summed E-state index contributed by atoms with van der Waals surface area (Å²) in [5.41, 5.74) is 1.49. The summed E-state index contributed by atoms with van der Waals surface area (Å²) in [5.74, 6) is 0.212. The number of imidazole rings is 1. The van der Waals surface area contributed by atoms with Crippen LogP contribution in [0, 0.1) is 19.8 Å². The van der Waals surface area contributed by atoms with Crippen LogP contribution in [0.4, 0.5) is 0 Å². The molecule has 0 saturated heterocycles. The summed E-state index contributed by atoms with van der Waals surface area (Å²) in [6.07, 6.45) is 3.96. The van der Waals surface area contributed by atoms with E-state index < -0.39 is 5.54 Å². The number of carbonyl (C=O) groups excluding carboxylic acids is 1. The third-order valence-electron chi connectivity index (χ3n) is 4.13. The molecule has 19 heavy (non-hydrogen) atoms. The lowest BCUT2D eigenvalue weighted by Crippen LogP contribution is -2.56. The van der Waals surface area contributed by atoms with Gasteiger partial charge in [-0.3, -0.25) is 0 Å². The van der Waals surface area contributed by atoms with Crippen LogP contribution in [0.3, 0.4) is 0 Å². The standard InChI is InChI=1S/C14H23N3O2/c1-5-19-13(18)14(15-4,12-6-7-12)8-17-9-16-10(2)11(17)3/h9,12,15H,5-8H2,1-4H3. The van der Waals surface area contributed by atoms with Crippen molar-refractivity contribution >= 4 is 5.97 Å². The Morgan fingerprint density at radius 2 is 2.26 bits per heavy atom. The molecular formula is C14H23N3O2. The van der Waals surface area contributed by atoms with Gasteiger partial charge in [0.2, 0.25) is 0 Å². The van der Waals surface area contributed by atoms with Crippen LogP contribution in [-0.4, -0.2) is 34.7 Å². The first-order valence-electron chi connectivity index (χ1n) is 6.89. The summed E-state index contributed by atoms with van der Waals surface area (Å²) in [4.78, 5) is 16.7. The highest BCUT2D eigenvalue weighted by atomic mass is 16.5. The molecule has 0 amide bonds. The number of ether oxygens (including phenoxy) is 1. The third-order valence-corrected chi connectivity index (χ3v) is 4.13. The van der Waals surface area contributed by atoms with E-state index in [1.54, 1.807) is 6.33 Å². The molecule has 1 fully saturated rings. The minimum atomic E-state index is -0.617. The Hall–Kier alpha value is -1.36. The highest BCUT2D eigenvalue weighted by Gasteiger charge is 2.51. The van der Waals surface area contributed by atoms with Crippen molar-refractivity contribution in [3.63, 3.8) is 0 Å². The first kappa shape index (κ1) is 14.1. The van der Waals surface area contributed by atoms with Crippen LogP contribution in [0.5, 0.6) is 0 Å². The van der Waals surface area contributed by atoms with E-state index in [1.807, 2.05) is 32.4 Å². The van der Waals surface area contributed by atoms with Gasteiger partial charge >= 0.3 is 5.97 Å². The van der Waals surface area contributed by atoms with E-state index in [1.165, 1.54) is 0 Å². The van der Waals surface area contributed by atoms with Gasteiger partial charge < -0.3 is 14.6 Å². The Bertz CT molecular complexity index is 465. The maximum absolute atomic E-state index is 12.4. The molecule has 0 bridgehead atoms. The Morgan fingerprint density at radius 1 is 1.58 bits per heavy atom. The molecule has 0 aliphatic heterocycles. The van der Waals surface area contributed by atoms with Crippen molar-refractivity contribution in [3.05, 3.63) is 17.7 Å². The number of rotatable bonds is 6. The van der Waals surface area contributed by atoms with E-state index in [9.17, 15) is 4.79 Å². The lowest BCUT2D eigenvalue weighted by atomic mass is 9.93. The molecule has 1 unspecified atom stereocenters. The van der Waals surface area contributed by atoms with E-state index in [0.29, 0.717) is 19.1 Å². The number of hydrogen-bond acceptors (Lipinski definition) is 4. The van der Waals surface area contributed by atoms with Crippen LogP contribution in [0.15, 0.2) is 6.33 Å². The number of carbonyl (C=O) groups is 1. The topological polar surface area (TPSA) is 56.2 Å². The van der Waals surface area contributed by atoms with Crippen LogP contribution >= 0.6 is 0 Å². The molecule has 5 nitrogen and oxygen atoms in total. The average molecular weight is 265 g/mol. The Balaban J connectivity index is 2.27. The zero-order valence-corrected chi connectivity index (χ0v) is 12.2. The quantitative estimate of drug-likeness (QED) is 0.791. The zero-order chi connectivity index (χ0) is 14.0. The van der Waals surface area contributed by atoms with E-state index in [-0.39, 0.29) is 5.97 Å². The highest BCUT2D eigenvalue weighted by Crippen LogP contribution is 2.41. The average Bonchev–Trinajstić information content (AvgIpc) is 3.19. The predicted octanol–water partition coefficient (Wildman–Crippen LogP) is 1.43. The van der Waals surface area contributed by atoms with Gasteiger partial charge in [-0.2, -0.15) is 0 Å². The summed E-state index contributed by atoms with van der Waals surface area (Å²) >= 11 is 0. The second-order valence-corrected chi connectivity index (χ2v) is 5.26. The molecule has 0 spiro atoms. The molecule has 0 aromatic carbocycles. The normalized spacial score (nSPS) is 18.1. The SMILES string of the molecule is CCOC(=O)C(Cn1cnc(C)c1C)(NC)C1CC1. The van der Waals surface area contributed by atoms with Gasteiger partial charge in [-0.05, 0) is 46.6 Å². The number of esters is 1. The fraction of sp³-hybridized carbons (Fsp3) is 0.714. The maximum atomic E-state index is 12.4. The largest absolute Gasteiger partial charge is 0.465 e. The van der Waals surface area contributed by atoms with Crippen molar-refractivity contribution in [2.24, 2.45) is 5.92 Å². The van der Waals surface area contributed by atoms with Crippen molar-refractivity contribution in [3.8, 4) is 0 Å². The summed E-state index contributed by atoms with van der Waals surface area (Å²) < 4.78 is 7.33. The van der Waals surface area contributed by atoms with Gasteiger partial charge in [0, 0.05) is 5.69 Å². The maximum Gasteiger partial charge on any atom is 0.328 e. The summed E-state index contributed by atoms with van der Waals surface area (Å²) in [5, 5.41) is 3.22. The zero-order valence-electron chi connectivity index (χ0n) is 12.2. The van der Waals surface area contributed by atoms with Crippen molar-refractivity contribution in [1.82, 2.24) is 14.9 Å². The van der Waals surface area contributed by atoms with E-state index in [4.69, 9.17) is 4.74 Å². The van der Waals surface area contributed by atoms with Gasteiger partial charge in [-0.25, -0.2) is 9.78 Å². The van der Waals surface area contributed by atoms with Crippen LogP contribution in [-0.2, 0) is 16.1 Å². The van der Waals surface area contributed by atoms with Crippen LogP contribution in [0.2, 0.25) is 0 Å². The van der Waals surface area contributed by atoms with E-state index in [0.717, 1.165) is 24.2 Å². The van der Waals surface area contributed by atoms with Crippen molar-refractivity contribution in [1.29, 1.82) is 0 Å². The molecule has 1 aromatic heterocycles. The van der Waals surface area contributed by atoms with Crippen LogP contribution < -0.4 is 5.32 Å². The lowest BCUT2D eigenvalue weighted by Gasteiger charge is -2.32. The van der Waals surface area contributed by atoms with Crippen molar-refractivity contribution in [2.75, 3.05) is 13.7 Å². The number of aromatic nitrogens is 2. The van der Waals surface area contributed by atoms with E-state index in [2.05, 4.69) is 10.3 Å². The molecule has 1 aliphatic rings. The van der Waals surface area contributed by atoms with E-state index >= 15 is 0 Å². The molecule has 1 aromatic rings. The number of likely N-dealkylation sites (N-methyl/N-ethyl adjacent to an activating group) is 1. The molecule has 0 radical (unpaired) electrons. The van der Waals surface area contributed by atoms with Crippen molar-refractivity contribution < 1.29 is 9.53 Å². The molecular weight excluding hydrogens is 242 g/mol. The number of nitrogens with zero attached hydrogens (tertiary/aromatic N) is 2. The molecule has 1 atom stereocenters. The molecule has 2 rings (SSSR count). The highest BCUT2D eigenvalue weighted by molar-refractivity contribution is 5.81. The lowest BCUT2D eigenvalue weighted by molar-refractivity contribution is -0.152. The second-order valence-electron chi connectivity index (χ2n) is 5.26. The molecule has 1 heterocycles. The van der Waals surface area contributed by atoms with Gasteiger partial charge in [-0.1, -0.05) is 0 Å². The third kappa shape index (κ3) is 2.52. The number of nitrogens with one attached hydrogen (secondary N) is 1. The van der Waals surface area contributed by atoms with Gasteiger partial charge in [0.25, 0.3) is 0 Å². The first-order valence-corrected chi connectivity index (χ1v) is 6.89. The molecule has 106 valence electrons. The molecule has 1 saturated carbocycles. The Morgan fingerprint density at radius 3 is 2.68 bits per heavy atom. The molecule has 1 N–H and O–H groups in total. The first-order chi connectivity index (χ1) is 9.05. The summed E-state index contributed by atoms with van der Waals surface area (Å²) in [6, 6.07) is 0. The molecule has 5 heteroatoms. The molecule has 1 aliphatic carbocycles. The van der Waals surface area contributed by atoms with Gasteiger partial charge in [0.1, 0.15) is 5.54 Å². The van der Waals surface area contributed by atoms with Gasteiger partial charge in [0.05, 0.1) is 25.2 Å². The van der Waals surface area contributed by atoms with Crippen LogP contribution in [0.1, 0.15) is 31.2 Å². The second kappa shape index (κ2) is 5.33. The summed E-state index contributed by atoms with van der Waals surface area (Å²) in [6.45, 7) is 6.85.